The fourth-order valence-corrected chi connectivity index (χ4v) is 2.01. The highest BCUT2D eigenvalue weighted by atomic mass is 35.5. The minimum atomic E-state index is -0.283. The number of hydrogen-bond donors (Lipinski definition) is 1. The molecule has 0 aliphatic heterocycles. The molecule has 2 amide bonds. The van der Waals surface area contributed by atoms with Gasteiger partial charge in [0.2, 0.25) is 5.91 Å². The third-order valence-electron chi connectivity index (χ3n) is 2.73. The molecule has 1 N–H and O–H groups in total. The maximum atomic E-state index is 12.4. The Balaban J connectivity index is 2.81. The smallest absolute Gasteiger partial charge is 0.255 e. The lowest BCUT2D eigenvalue weighted by atomic mass is 10.2. The Morgan fingerprint density at radius 3 is 2.57 bits per heavy atom. The Morgan fingerprint density at radius 1 is 1.29 bits per heavy atom. The van der Waals surface area contributed by atoms with Gasteiger partial charge >= 0.3 is 0 Å². The fraction of sp³-hybridized carbons (Fsp3) is 0.500. The summed E-state index contributed by atoms with van der Waals surface area (Å²) in [5.74, 6) is -0.457. The van der Waals surface area contributed by atoms with Crippen LogP contribution in [0.3, 0.4) is 0 Å². The van der Waals surface area contributed by atoms with Gasteiger partial charge in [0.15, 0.2) is 0 Å². The maximum Gasteiger partial charge on any atom is 0.255 e. The molecule has 0 saturated heterocycles. The van der Waals surface area contributed by atoms with Gasteiger partial charge in [0.05, 0.1) is 17.1 Å². The standard InChI is InChI=1S/C14H19Cl2N3O2/c1-3-5-17-12(20)9-19(6-4-2)14(21)10-7-11(15)13(16)18-8-10/h7-8H,3-6,9H2,1-2H3,(H,17,20). The molecule has 0 aromatic carbocycles. The van der Waals surface area contributed by atoms with E-state index in [1.165, 1.54) is 17.2 Å². The maximum absolute atomic E-state index is 12.4. The van der Waals surface area contributed by atoms with Crippen molar-refractivity contribution in [3.63, 3.8) is 0 Å². The Kier molecular flexibility index (Phi) is 7.47. The Hall–Kier alpha value is -1.33. The van der Waals surface area contributed by atoms with E-state index < -0.39 is 0 Å². The first kappa shape index (κ1) is 17.7. The molecule has 0 aliphatic carbocycles. The zero-order valence-electron chi connectivity index (χ0n) is 12.2. The monoisotopic (exact) mass is 331 g/mol. The summed E-state index contributed by atoms with van der Waals surface area (Å²) in [6, 6.07) is 1.46. The van der Waals surface area contributed by atoms with E-state index in [4.69, 9.17) is 23.2 Å². The highest BCUT2D eigenvalue weighted by Crippen LogP contribution is 2.20. The van der Waals surface area contributed by atoms with E-state index in [2.05, 4.69) is 10.3 Å². The van der Waals surface area contributed by atoms with Crippen molar-refractivity contribution in [1.82, 2.24) is 15.2 Å². The lowest BCUT2D eigenvalue weighted by Gasteiger charge is -2.21. The molecule has 0 saturated carbocycles. The van der Waals surface area contributed by atoms with Crippen molar-refractivity contribution in [2.75, 3.05) is 19.6 Å². The first-order chi connectivity index (χ1) is 9.99. The van der Waals surface area contributed by atoms with E-state index in [0.29, 0.717) is 18.7 Å². The summed E-state index contributed by atoms with van der Waals surface area (Å²) >= 11 is 11.6. The van der Waals surface area contributed by atoms with Crippen LogP contribution in [0.4, 0.5) is 0 Å². The van der Waals surface area contributed by atoms with Gasteiger partial charge in [-0.05, 0) is 18.9 Å². The van der Waals surface area contributed by atoms with Gasteiger partial charge in [-0.1, -0.05) is 37.0 Å². The molecule has 0 radical (unpaired) electrons. The van der Waals surface area contributed by atoms with Crippen LogP contribution in [0, 0.1) is 0 Å². The van der Waals surface area contributed by atoms with E-state index in [9.17, 15) is 9.59 Å². The number of rotatable bonds is 7. The molecule has 5 nitrogen and oxygen atoms in total. The van der Waals surface area contributed by atoms with Crippen molar-refractivity contribution in [2.24, 2.45) is 0 Å². The normalized spacial score (nSPS) is 10.3. The lowest BCUT2D eigenvalue weighted by Crippen LogP contribution is -2.41. The Bertz CT molecular complexity index is 509. The molecule has 0 fully saturated rings. The van der Waals surface area contributed by atoms with Crippen LogP contribution in [0.25, 0.3) is 0 Å². The molecule has 1 rings (SSSR count). The van der Waals surface area contributed by atoms with Gasteiger partial charge in [-0.2, -0.15) is 0 Å². The second-order valence-electron chi connectivity index (χ2n) is 4.57. The Labute approximate surface area is 134 Å². The SMILES string of the molecule is CCCNC(=O)CN(CCC)C(=O)c1cnc(Cl)c(Cl)c1. The number of carbonyl (C=O) groups excluding carboxylic acids is 2. The molecular weight excluding hydrogens is 313 g/mol. The van der Waals surface area contributed by atoms with Crippen LogP contribution < -0.4 is 5.32 Å². The zero-order chi connectivity index (χ0) is 15.8. The number of carbonyl (C=O) groups is 2. The predicted molar refractivity (Wildman–Crippen MR) is 83.8 cm³/mol. The number of nitrogens with one attached hydrogen (secondary N) is 1. The highest BCUT2D eigenvalue weighted by Gasteiger charge is 2.19. The quantitative estimate of drug-likeness (QED) is 0.781. The summed E-state index contributed by atoms with van der Waals surface area (Å²) in [6.07, 6.45) is 2.97. The fourth-order valence-electron chi connectivity index (χ4n) is 1.74. The summed E-state index contributed by atoms with van der Waals surface area (Å²) in [6.45, 7) is 5.01. The number of aromatic nitrogens is 1. The number of amides is 2. The molecule has 21 heavy (non-hydrogen) atoms. The summed E-state index contributed by atoms with van der Waals surface area (Å²) in [4.78, 5) is 29.5. The van der Waals surface area contributed by atoms with Crippen LogP contribution in [0.15, 0.2) is 12.3 Å². The molecule has 0 aliphatic rings. The van der Waals surface area contributed by atoms with Crippen LogP contribution in [0.2, 0.25) is 10.2 Å². The molecule has 1 aromatic heterocycles. The molecule has 1 aromatic rings. The summed E-state index contributed by atoms with van der Waals surface area (Å²) in [7, 11) is 0. The lowest BCUT2D eigenvalue weighted by molar-refractivity contribution is -0.121. The summed E-state index contributed by atoms with van der Waals surface area (Å²) < 4.78 is 0. The van der Waals surface area contributed by atoms with Gasteiger partial charge in [-0.3, -0.25) is 9.59 Å². The average molecular weight is 332 g/mol. The second-order valence-corrected chi connectivity index (χ2v) is 5.34. The minimum Gasteiger partial charge on any atom is -0.355 e. The van der Waals surface area contributed by atoms with Crippen LogP contribution in [0.5, 0.6) is 0 Å². The van der Waals surface area contributed by atoms with Crippen molar-refractivity contribution < 1.29 is 9.59 Å². The molecule has 1 heterocycles. The zero-order valence-corrected chi connectivity index (χ0v) is 13.7. The molecule has 0 unspecified atom stereocenters. The van der Waals surface area contributed by atoms with Crippen LogP contribution >= 0.6 is 23.2 Å². The van der Waals surface area contributed by atoms with Gasteiger partial charge in [-0.25, -0.2) is 4.98 Å². The largest absolute Gasteiger partial charge is 0.355 e. The summed E-state index contributed by atoms with van der Waals surface area (Å²) in [5, 5.41) is 3.12. The molecular formula is C14H19Cl2N3O2. The van der Waals surface area contributed by atoms with Crippen LogP contribution in [-0.2, 0) is 4.79 Å². The average Bonchev–Trinajstić information content (AvgIpc) is 2.46. The summed E-state index contributed by atoms with van der Waals surface area (Å²) in [5.41, 5.74) is 0.321. The first-order valence-corrected chi connectivity index (χ1v) is 7.62. The van der Waals surface area contributed by atoms with Crippen molar-refractivity contribution in [2.45, 2.75) is 26.7 Å². The second kappa shape index (κ2) is 8.85. The van der Waals surface area contributed by atoms with Crippen molar-refractivity contribution in [1.29, 1.82) is 0 Å². The van der Waals surface area contributed by atoms with Crippen molar-refractivity contribution >= 4 is 35.0 Å². The number of hydrogen-bond acceptors (Lipinski definition) is 3. The van der Waals surface area contributed by atoms with Gasteiger partial charge in [0.25, 0.3) is 5.91 Å². The van der Waals surface area contributed by atoms with Crippen LogP contribution in [-0.4, -0.2) is 41.3 Å². The molecule has 0 spiro atoms. The molecule has 0 bridgehead atoms. The molecule has 7 heteroatoms. The van der Waals surface area contributed by atoms with Gasteiger partial charge in [-0.15, -0.1) is 0 Å². The van der Waals surface area contributed by atoms with Gasteiger partial charge in [0, 0.05) is 19.3 Å². The third kappa shape index (κ3) is 5.52. The van der Waals surface area contributed by atoms with Crippen LogP contribution in [0.1, 0.15) is 37.0 Å². The predicted octanol–water partition coefficient (Wildman–Crippen LogP) is 2.77. The van der Waals surface area contributed by atoms with E-state index in [0.717, 1.165) is 12.8 Å². The number of nitrogens with zero attached hydrogens (tertiary/aromatic N) is 2. The van der Waals surface area contributed by atoms with E-state index in [1.54, 1.807) is 0 Å². The van der Waals surface area contributed by atoms with Gasteiger partial charge in [0.1, 0.15) is 5.15 Å². The molecule has 116 valence electrons. The number of pyridine rings is 1. The topological polar surface area (TPSA) is 62.3 Å². The van der Waals surface area contributed by atoms with E-state index >= 15 is 0 Å². The molecule has 0 atom stereocenters. The minimum absolute atomic E-state index is 0.0208. The van der Waals surface area contributed by atoms with E-state index in [-0.39, 0.29) is 28.5 Å². The third-order valence-corrected chi connectivity index (χ3v) is 3.42. The first-order valence-electron chi connectivity index (χ1n) is 6.86. The van der Waals surface area contributed by atoms with Gasteiger partial charge < -0.3 is 10.2 Å². The Morgan fingerprint density at radius 2 is 2.00 bits per heavy atom. The number of halogens is 2. The van der Waals surface area contributed by atoms with Crippen molar-refractivity contribution in [3.8, 4) is 0 Å². The van der Waals surface area contributed by atoms with Crippen molar-refractivity contribution in [3.05, 3.63) is 28.0 Å². The highest BCUT2D eigenvalue weighted by molar-refractivity contribution is 6.41. The van der Waals surface area contributed by atoms with E-state index in [1.807, 2.05) is 13.8 Å².